The topological polar surface area (TPSA) is 37.7 Å². The number of likely N-dealkylation sites (N-methyl/N-ethyl adjacent to an activating group) is 1. The molecule has 0 aliphatic rings. The molecule has 1 atom stereocenters. The third-order valence-corrected chi connectivity index (χ3v) is 4.36. The summed E-state index contributed by atoms with van der Waals surface area (Å²) in [6, 6.07) is 13.2. The van der Waals surface area contributed by atoms with E-state index in [1.165, 1.54) is 16.5 Å². The standard InChI is InChI=1S/C19H24FN3OS/c1-13-5-8-15(11-17(13)20)22-19(25)21-12-18(23(2)3)14-6-9-16(24-4)10-7-14/h5-11,18H,12H2,1-4H3,(H2,21,22,25)/p+1/t18-/m1/s1. The molecule has 2 rings (SSSR count). The maximum absolute atomic E-state index is 13.6. The molecule has 0 saturated heterocycles. The number of hydrogen-bond donors (Lipinski definition) is 3. The second kappa shape index (κ2) is 8.78. The van der Waals surface area contributed by atoms with Crippen molar-refractivity contribution in [2.75, 3.05) is 33.1 Å². The Morgan fingerprint density at radius 3 is 2.44 bits per heavy atom. The van der Waals surface area contributed by atoms with Crippen molar-refractivity contribution in [1.82, 2.24) is 5.32 Å². The lowest BCUT2D eigenvalue weighted by atomic mass is 10.1. The summed E-state index contributed by atoms with van der Waals surface area (Å²) in [6.07, 6.45) is 0. The molecule has 0 amide bonds. The molecule has 0 fully saturated rings. The van der Waals surface area contributed by atoms with Crippen LogP contribution in [0.3, 0.4) is 0 Å². The average Bonchev–Trinajstić information content (AvgIpc) is 2.58. The van der Waals surface area contributed by atoms with Crippen LogP contribution in [0.4, 0.5) is 10.1 Å². The third-order valence-electron chi connectivity index (χ3n) is 4.11. The van der Waals surface area contributed by atoms with Gasteiger partial charge in [-0.2, -0.15) is 0 Å². The summed E-state index contributed by atoms with van der Waals surface area (Å²) in [5.41, 5.74) is 2.44. The van der Waals surface area contributed by atoms with Crippen molar-refractivity contribution in [2.45, 2.75) is 13.0 Å². The van der Waals surface area contributed by atoms with E-state index in [-0.39, 0.29) is 11.9 Å². The first-order valence-corrected chi connectivity index (χ1v) is 8.56. The fraction of sp³-hybridized carbons (Fsp3) is 0.316. The van der Waals surface area contributed by atoms with Gasteiger partial charge >= 0.3 is 0 Å². The van der Waals surface area contributed by atoms with Crippen LogP contribution in [0.15, 0.2) is 42.5 Å². The predicted molar refractivity (Wildman–Crippen MR) is 104 cm³/mol. The maximum atomic E-state index is 13.6. The van der Waals surface area contributed by atoms with Gasteiger partial charge in [0, 0.05) is 11.3 Å². The molecular formula is C19H25FN3OS+. The number of ether oxygens (including phenoxy) is 1. The average molecular weight is 362 g/mol. The van der Waals surface area contributed by atoms with Crippen LogP contribution in [0.25, 0.3) is 0 Å². The van der Waals surface area contributed by atoms with E-state index in [4.69, 9.17) is 17.0 Å². The summed E-state index contributed by atoms with van der Waals surface area (Å²) < 4.78 is 18.8. The Morgan fingerprint density at radius 2 is 1.88 bits per heavy atom. The highest BCUT2D eigenvalue weighted by atomic mass is 32.1. The molecule has 0 unspecified atom stereocenters. The van der Waals surface area contributed by atoms with E-state index in [1.807, 2.05) is 18.2 Å². The molecule has 0 radical (unpaired) electrons. The zero-order valence-corrected chi connectivity index (χ0v) is 15.8. The first-order chi connectivity index (χ1) is 11.9. The maximum Gasteiger partial charge on any atom is 0.171 e. The SMILES string of the molecule is COc1ccc([C@@H](CNC(=S)Nc2ccc(C)c(F)c2)[NH+](C)C)cc1. The number of halogens is 1. The van der Waals surface area contributed by atoms with Gasteiger partial charge in [0.15, 0.2) is 5.11 Å². The molecule has 4 nitrogen and oxygen atoms in total. The molecule has 2 aromatic rings. The van der Waals surface area contributed by atoms with Crippen molar-refractivity contribution in [3.8, 4) is 5.75 Å². The Kier molecular flexibility index (Phi) is 6.73. The number of aryl methyl sites for hydroxylation is 1. The lowest BCUT2D eigenvalue weighted by molar-refractivity contribution is -0.890. The van der Waals surface area contributed by atoms with Crippen LogP contribution in [-0.2, 0) is 0 Å². The molecule has 0 aliphatic heterocycles. The van der Waals surface area contributed by atoms with Crippen molar-refractivity contribution in [3.05, 3.63) is 59.4 Å². The molecule has 25 heavy (non-hydrogen) atoms. The fourth-order valence-electron chi connectivity index (χ4n) is 2.53. The van der Waals surface area contributed by atoms with Crippen molar-refractivity contribution in [1.29, 1.82) is 0 Å². The van der Waals surface area contributed by atoms with E-state index in [1.54, 1.807) is 20.1 Å². The van der Waals surface area contributed by atoms with Crippen LogP contribution >= 0.6 is 12.2 Å². The molecule has 0 heterocycles. The van der Waals surface area contributed by atoms with Crippen LogP contribution in [-0.4, -0.2) is 32.9 Å². The smallest absolute Gasteiger partial charge is 0.171 e. The van der Waals surface area contributed by atoms with Gasteiger partial charge in [-0.25, -0.2) is 4.39 Å². The van der Waals surface area contributed by atoms with Crippen molar-refractivity contribution >= 4 is 23.0 Å². The van der Waals surface area contributed by atoms with E-state index in [0.29, 0.717) is 22.9 Å². The first kappa shape index (κ1) is 19.1. The number of quaternary nitrogens is 1. The molecular weight excluding hydrogens is 337 g/mol. The largest absolute Gasteiger partial charge is 0.497 e. The van der Waals surface area contributed by atoms with E-state index < -0.39 is 0 Å². The zero-order chi connectivity index (χ0) is 18.4. The minimum absolute atomic E-state index is 0.223. The monoisotopic (exact) mass is 362 g/mol. The highest BCUT2D eigenvalue weighted by molar-refractivity contribution is 7.80. The summed E-state index contributed by atoms with van der Waals surface area (Å²) in [7, 11) is 5.86. The van der Waals surface area contributed by atoms with E-state index in [2.05, 4.69) is 36.9 Å². The minimum Gasteiger partial charge on any atom is -0.497 e. The Balaban J connectivity index is 1.97. The Labute approximate surface area is 154 Å². The van der Waals surface area contributed by atoms with Gasteiger partial charge in [-0.1, -0.05) is 6.07 Å². The van der Waals surface area contributed by atoms with Crippen molar-refractivity contribution < 1.29 is 14.0 Å². The Bertz CT molecular complexity index is 719. The van der Waals surface area contributed by atoms with Gasteiger partial charge in [-0.05, 0) is 61.1 Å². The molecule has 0 aromatic heterocycles. The Hall–Kier alpha value is -2.18. The number of rotatable bonds is 6. The molecule has 134 valence electrons. The molecule has 0 aliphatic carbocycles. The van der Waals surface area contributed by atoms with Gasteiger partial charge in [0.1, 0.15) is 17.6 Å². The van der Waals surface area contributed by atoms with Gasteiger partial charge in [0.25, 0.3) is 0 Å². The van der Waals surface area contributed by atoms with Gasteiger partial charge in [0.05, 0.1) is 27.7 Å². The molecule has 0 spiro atoms. The number of thiocarbonyl (C=S) groups is 1. The number of methoxy groups -OCH3 is 1. The van der Waals surface area contributed by atoms with Crippen LogP contribution in [0.1, 0.15) is 17.2 Å². The van der Waals surface area contributed by atoms with Gasteiger partial charge in [-0.3, -0.25) is 0 Å². The zero-order valence-electron chi connectivity index (χ0n) is 15.0. The van der Waals surface area contributed by atoms with Gasteiger partial charge in [0.2, 0.25) is 0 Å². The number of anilines is 1. The van der Waals surface area contributed by atoms with Crippen molar-refractivity contribution in [3.63, 3.8) is 0 Å². The Morgan fingerprint density at radius 1 is 1.20 bits per heavy atom. The predicted octanol–water partition coefficient (Wildman–Crippen LogP) is 2.31. The molecule has 0 saturated carbocycles. The highest BCUT2D eigenvalue weighted by Gasteiger charge is 2.18. The van der Waals surface area contributed by atoms with Crippen LogP contribution < -0.4 is 20.3 Å². The van der Waals surface area contributed by atoms with E-state index in [0.717, 1.165) is 5.75 Å². The second-order valence-corrected chi connectivity index (χ2v) is 6.61. The fourth-order valence-corrected chi connectivity index (χ4v) is 2.73. The molecule has 3 N–H and O–H groups in total. The van der Waals surface area contributed by atoms with E-state index >= 15 is 0 Å². The lowest BCUT2D eigenvalue weighted by Gasteiger charge is -2.23. The van der Waals surface area contributed by atoms with Crippen LogP contribution in [0.2, 0.25) is 0 Å². The highest BCUT2D eigenvalue weighted by Crippen LogP contribution is 2.16. The van der Waals surface area contributed by atoms with Gasteiger partial charge in [-0.15, -0.1) is 0 Å². The first-order valence-electron chi connectivity index (χ1n) is 8.15. The number of benzene rings is 2. The number of hydrogen-bond acceptors (Lipinski definition) is 2. The third kappa shape index (κ3) is 5.41. The molecule has 6 heteroatoms. The van der Waals surface area contributed by atoms with Crippen molar-refractivity contribution in [2.24, 2.45) is 0 Å². The quantitative estimate of drug-likeness (QED) is 0.690. The minimum atomic E-state index is -0.248. The summed E-state index contributed by atoms with van der Waals surface area (Å²) in [4.78, 5) is 1.28. The number of nitrogens with one attached hydrogen (secondary N) is 3. The molecule has 0 bridgehead atoms. The normalized spacial score (nSPS) is 11.9. The molecule has 2 aromatic carbocycles. The van der Waals surface area contributed by atoms with Crippen LogP contribution in [0.5, 0.6) is 5.75 Å². The van der Waals surface area contributed by atoms with E-state index in [9.17, 15) is 4.39 Å². The lowest BCUT2D eigenvalue weighted by Crippen LogP contribution is -3.07. The summed E-state index contributed by atoms with van der Waals surface area (Å²) in [5, 5.41) is 6.72. The summed E-state index contributed by atoms with van der Waals surface area (Å²) >= 11 is 5.33. The summed E-state index contributed by atoms with van der Waals surface area (Å²) in [6.45, 7) is 2.39. The second-order valence-electron chi connectivity index (χ2n) is 6.20. The summed E-state index contributed by atoms with van der Waals surface area (Å²) in [5.74, 6) is 0.587. The van der Waals surface area contributed by atoms with Gasteiger partial charge < -0.3 is 20.3 Å². The van der Waals surface area contributed by atoms with Crippen LogP contribution in [0, 0.1) is 12.7 Å².